The summed E-state index contributed by atoms with van der Waals surface area (Å²) in [7, 11) is 0. The molecule has 26 heavy (non-hydrogen) atoms. The van der Waals surface area contributed by atoms with Gasteiger partial charge in [0.15, 0.2) is 0 Å². The van der Waals surface area contributed by atoms with E-state index in [1.165, 1.54) is 11.8 Å². The van der Waals surface area contributed by atoms with Crippen LogP contribution in [0.4, 0.5) is 11.4 Å². The van der Waals surface area contributed by atoms with E-state index in [-0.39, 0.29) is 24.5 Å². The molecule has 0 spiro atoms. The summed E-state index contributed by atoms with van der Waals surface area (Å²) in [6.45, 7) is 5.01. The van der Waals surface area contributed by atoms with E-state index in [2.05, 4.69) is 5.32 Å². The Morgan fingerprint density at radius 3 is 2.58 bits per heavy atom. The van der Waals surface area contributed by atoms with Crippen molar-refractivity contribution in [1.82, 2.24) is 0 Å². The van der Waals surface area contributed by atoms with Crippen LogP contribution in [0.25, 0.3) is 0 Å². The van der Waals surface area contributed by atoms with Gasteiger partial charge in [-0.3, -0.25) is 9.59 Å². The Morgan fingerprint density at radius 1 is 1.19 bits per heavy atom. The molecule has 0 bridgehead atoms. The minimum Gasteiger partial charge on any atom is -0.489 e. The molecule has 0 saturated heterocycles. The molecule has 2 amide bonds. The van der Waals surface area contributed by atoms with Crippen LogP contribution in [0, 0.1) is 11.3 Å². The molecule has 2 aromatic rings. The number of carbonyl (C=O) groups is 2. The van der Waals surface area contributed by atoms with Gasteiger partial charge >= 0.3 is 0 Å². The van der Waals surface area contributed by atoms with Gasteiger partial charge in [-0.2, -0.15) is 5.26 Å². The number of hydrogen-bond donors (Lipinski definition) is 1. The Hall–Kier alpha value is -3.33. The van der Waals surface area contributed by atoms with Gasteiger partial charge < -0.3 is 15.0 Å². The zero-order valence-electron chi connectivity index (χ0n) is 15.0. The van der Waals surface area contributed by atoms with Gasteiger partial charge in [-0.05, 0) is 44.2 Å². The van der Waals surface area contributed by atoms with Gasteiger partial charge in [-0.1, -0.05) is 18.2 Å². The third kappa shape index (κ3) is 5.08. The molecule has 0 aliphatic heterocycles. The maximum Gasteiger partial charge on any atom is 0.244 e. The van der Waals surface area contributed by atoms with E-state index in [0.29, 0.717) is 22.7 Å². The molecule has 2 aromatic carbocycles. The molecule has 0 fully saturated rings. The van der Waals surface area contributed by atoms with Crippen molar-refractivity contribution in [3.05, 3.63) is 54.1 Å². The van der Waals surface area contributed by atoms with Crippen LogP contribution in [0.1, 0.15) is 26.3 Å². The Morgan fingerprint density at radius 2 is 1.92 bits per heavy atom. The SMILES string of the molecule is CC(=O)N(CC(=O)Nc1ccccc1OC(C)C)c1cccc(C#N)c1. The predicted octanol–water partition coefficient (Wildman–Crippen LogP) is 3.34. The molecule has 0 atom stereocenters. The minimum absolute atomic E-state index is 0.0320. The summed E-state index contributed by atoms with van der Waals surface area (Å²) in [6, 6.07) is 15.7. The molecule has 0 aliphatic rings. The van der Waals surface area contributed by atoms with Crippen LogP contribution in [-0.2, 0) is 9.59 Å². The Bertz CT molecular complexity index is 840. The smallest absolute Gasteiger partial charge is 0.244 e. The molecular formula is C20H21N3O3. The minimum atomic E-state index is -0.359. The molecule has 1 N–H and O–H groups in total. The maximum atomic E-state index is 12.5. The van der Waals surface area contributed by atoms with Crippen molar-refractivity contribution in [2.75, 3.05) is 16.8 Å². The number of nitrogens with one attached hydrogen (secondary N) is 1. The number of benzene rings is 2. The van der Waals surface area contributed by atoms with Crippen LogP contribution in [-0.4, -0.2) is 24.5 Å². The fourth-order valence-corrected chi connectivity index (χ4v) is 2.39. The third-order valence-electron chi connectivity index (χ3n) is 3.49. The van der Waals surface area contributed by atoms with Crippen molar-refractivity contribution < 1.29 is 14.3 Å². The van der Waals surface area contributed by atoms with Crippen LogP contribution in [0.15, 0.2) is 48.5 Å². The molecule has 0 aromatic heterocycles. The second kappa shape index (κ2) is 8.67. The summed E-state index contributed by atoms with van der Waals surface area (Å²) < 4.78 is 5.68. The summed E-state index contributed by atoms with van der Waals surface area (Å²) in [4.78, 5) is 25.8. The second-order valence-corrected chi connectivity index (χ2v) is 5.98. The van der Waals surface area contributed by atoms with Gasteiger partial charge in [0.25, 0.3) is 0 Å². The number of para-hydroxylation sites is 2. The first-order valence-corrected chi connectivity index (χ1v) is 8.24. The van der Waals surface area contributed by atoms with E-state index < -0.39 is 0 Å². The first kappa shape index (κ1) is 19.0. The predicted molar refractivity (Wildman–Crippen MR) is 100 cm³/mol. The average molecular weight is 351 g/mol. The fraction of sp³-hybridized carbons (Fsp3) is 0.250. The molecule has 6 heteroatoms. The lowest BCUT2D eigenvalue weighted by Gasteiger charge is -2.21. The van der Waals surface area contributed by atoms with E-state index in [0.717, 1.165) is 0 Å². The topological polar surface area (TPSA) is 82.4 Å². The van der Waals surface area contributed by atoms with Crippen LogP contribution in [0.3, 0.4) is 0 Å². The molecular weight excluding hydrogens is 330 g/mol. The van der Waals surface area contributed by atoms with Crippen molar-refractivity contribution in [2.24, 2.45) is 0 Å². The summed E-state index contributed by atoms with van der Waals surface area (Å²) in [5, 5.41) is 11.8. The fourth-order valence-electron chi connectivity index (χ4n) is 2.39. The summed E-state index contributed by atoms with van der Waals surface area (Å²) in [6.07, 6.45) is -0.0320. The standard InChI is InChI=1S/C20H21N3O3/c1-14(2)26-19-10-5-4-9-18(19)22-20(25)13-23(15(3)24)17-8-6-7-16(11-17)12-21/h4-11,14H,13H2,1-3H3,(H,22,25). The molecule has 0 saturated carbocycles. The molecule has 134 valence electrons. The number of carbonyl (C=O) groups excluding carboxylic acids is 2. The van der Waals surface area contributed by atoms with Crippen molar-refractivity contribution in [3.8, 4) is 11.8 Å². The molecule has 0 radical (unpaired) electrons. The second-order valence-electron chi connectivity index (χ2n) is 5.98. The van der Waals surface area contributed by atoms with Gasteiger partial charge in [0.1, 0.15) is 12.3 Å². The normalized spacial score (nSPS) is 10.1. The molecule has 0 aliphatic carbocycles. The lowest BCUT2D eigenvalue weighted by Crippen LogP contribution is -2.36. The zero-order valence-corrected chi connectivity index (χ0v) is 15.0. The highest BCUT2D eigenvalue weighted by molar-refractivity contribution is 6.02. The Balaban J connectivity index is 2.16. The van der Waals surface area contributed by atoms with Crippen LogP contribution < -0.4 is 15.0 Å². The van der Waals surface area contributed by atoms with Crippen molar-refractivity contribution >= 4 is 23.2 Å². The first-order chi connectivity index (χ1) is 12.4. The van der Waals surface area contributed by atoms with Crippen LogP contribution >= 0.6 is 0 Å². The van der Waals surface area contributed by atoms with Gasteiger partial charge in [-0.15, -0.1) is 0 Å². The van der Waals surface area contributed by atoms with E-state index in [9.17, 15) is 9.59 Å². The molecule has 2 rings (SSSR count). The largest absolute Gasteiger partial charge is 0.489 e. The van der Waals surface area contributed by atoms with E-state index >= 15 is 0 Å². The van der Waals surface area contributed by atoms with Gasteiger partial charge in [0, 0.05) is 12.6 Å². The molecule has 0 heterocycles. The molecule has 0 unspecified atom stereocenters. The van der Waals surface area contributed by atoms with E-state index in [1.54, 1.807) is 42.5 Å². The Kier molecular flexibility index (Phi) is 6.34. The number of ether oxygens (including phenoxy) is 1. The van der Waals surface area contributed by atoms with E-state index in [4.69, 9.17) is 10.00 Å². The number of nitriles is 1. The maximum absolute atomic E-state index is 12.5. The van der Waals surface area contributed by atoms with Crippen molar-refractivity contribution in [3.63, 3.8) is 0 Å². The van der Waals surface area contributed by atoms with Crippen molar-refractivity contribution in [2.45, 2.75) is 26.9 Å². The highest BCUT2D eigenvalue weighted by Crippen LogP contribution is 2.25. The number of hydrogen-bond acceptors (Lipinski definition) is 4. The zero-order chi connectivity index (χ0) is 19.1. The lowest BCUT2D eigenvalue weighted by atomic mass is 10.2. The third-order valence-corrected chi connectivity index (χ3v) is 3.49. The number of nitrogens with zero attached hydrogens (tertiary/aromatic N) is 2. The summed E-state index contributed by atoms with van der Waals surface area (Å²) in [5.41, 5.74) is 1.46. The quantitative estimate of drug-likeness (QED) is 0.865. The highest BCUT2D eigenvalue weighted by atomic mass is 16.5. The van der Waals surface area contributed by atoms with Gasteiger partial charge in [0.05, 0.1) is 23.4 Å². The summed E-state index contributed by atoms with van der Waals surface area (Å²) >= 11 is 0. The van der Waals surface area contributed by atoms with Crippen LogP contribution in [0.2, 0.25) is 0 Å². The van der Waals surface area contributed by atoms with Gasteiger partial charge in [0.2, 0.25) is 11.8 Å². The van der Waals surface area contributed by atoms with Crippen LogP contribution in [0.5, 0.6) is 5.75 Å². The summed E-state index contributed by atoms with van der Waals surface area (Å²) in [5.74, 6) is -0.0824. The lowest BCUT2D eigenvalue weighted by molar-refractivity contribution is -0.120. The number of amides is 2. The number of rotatable bonds is 6. The monoisotopic (exact) mass is 351 g/mol. The Labute approximate surface area is 153 Å². The van der Waals surface area contributed by atoms with Crippen molar-refractivity contribution in [1.29, 1.82) is 5.26 Å². The highest BCUT2D eigenvalue weighted by Gasteiger charge is 2.17. The first-order valence-electron chi connectivity index (χ1n) is 8.24. The number of anilines is 2. The van der Waals surface area contributed by atoms with E-state index in [1.807, 2.05) is 26.0 Å². The van der Waals surface area contributed by atoms with Gasteiger partial charge in [-0.25, -0.2) is 0 Å². The average Bonchev–Trinajstić information content (AvgIpc) is 2.60. The molecule has 6 nitrogen and oxygen atoms in total.